The zero-order valence-corrected chi connectivity index (χ0v) is 9.94. The van der Waals surface area contributed by atoms with Crippen LogP contribution in [0.15, 0.2) is 30.3 Å². The Hall–Kier alpha value is -1.29. The summed E-state index contributed by atoms with van der Waals surface area (Å²) in [5, 5.41) is -0.687. The number of rotatable bonds is 5. The van der Waals surface area contributed by atoms with Gasteiger partial charge in [-0.15, -0.1) is 0 Å². The molecule has 1 atom stereocenters. The van der Waals surface area contributed by atoms with Gasteiger partial charge >= 0.3 is 5.97 Å². The van der Waals surface area contributed by atoms with E-state index >= 15 is 0 Å². The van der Waals surface area contributed by atoms with Crippen LogP contribution in [0.1, 0.15) is 23.7 Å². The van der Waals surface area contributed by atoms with Crippen molar-refractivity contribution in [2.45, 2.75) is 18.6 Å². The number of hydrogen-bond donors (Lipinski definition) is 1. The molecule has 0 saturated carbocycles. The predicted molar refractivity (Wildman–Crippen MR) is 64.8 cm³/mol. The van der Waals surface area contributed by atoms with Crippen molar-refractivity contribution in [1.82, 2.24) is 0 Å². The molecule has 86 valence electrons. The minimum atomic E-state index is -0.687. The SMILES string of the molecule is CCOC(=O)C(S)CC(=O)c1ccccc1. The summed E-state index contributed by atoms with van der Waals surface area (Å²) in [4.78, 5) is 23.0. The molecule has 0 aliphatic carbocycles. The van der Waals surface area contributed by atoms with Gasteiger partial charge in [0.1, 0.15) is 5.25 Å². The van der Waals surface area contributed by atoms with E-state index in [1.165, 1.54) is 0 Å². The number of ketones is 1. The van der Waals surface area contributed by atoms with Gasteiger partial charge < -0.3 is 4.74 Å². The molecule has 3 nitrogen and oxygen atoms in total. The maximum Gasteiger partial charge on any atom is 0.319 e. The molecule has 1 rings (SSSR count). The average molecular weight is 238 g/mol. The number of hydrogen-bond acceptors (Lipinski definition) is 4. The molecule has 0 aliphatic rings. The van der Waals surface area contributed by atoms with E-state index < -0.39 is 11.2 Å². The highest BCUT2D eigenvalue weighted by atomic mass is 32.1. The Labute approximate surface area is 100 Å². The minimum absolute atomic E-state index is 0.0615. The fourth-order valence-corrected chi connectivity index (χ4v) is 1.48. The Balaban J connectivity index is 2.55. The molecule has 0 saturated heterocycles. The molecule has 0 aliphatic heterocycles. The average Bonchev–Trinajstić information content (AvgIpc) is 2.30. The van der Waals surface area contributed by atoms with Crippen LogP contribution >= 0.6 is 12.6 Å². The number of Topliss-reactive ketones (excluding diaryl/α,β-unsaturated/α-hetero) is 1. The number of carbonyl (C=O) groups is 2. The number of esters is 1. The smallest absolute Gasteiger partial charge is 0.319 e. The van der Waals surface area contributed by atoms with Crippen LogP contribution in [0.2, 0.25) is 0 Å². The fraction of sp³-hybridized carbons (Fsp3) is 0.333. The van der Waals surface area contributed by atoms with E-state index in [1.54, 1.807) is 31.2 Å². The molecule has 0 amide bonds. The second-order valence-electron chi connectivity index (χ2n) is 3.26. The molecule has 4 heteroatoms. The van der Waals surface area contributed by atoms with Crippen molar-refractivity contribution in [3.05, 3.63) is 35.9 Å². The third-order valence-electron chi connectivity index (χ3n) is 2.03. The molecule has 1 aromatic rings. The number of benzene rings is 1. The van der Waals surface area contributed by atoms with Gasteiger partial charge in [0.25, 0.3) is 0 Å². The second-order valence-corrected chi connectivity index (χ2v) is 3.88. The standard InChI is InChI=1S/C12H14O3S/c1-2-15-12(14)11(16)8-10(13)9-6-4-3-5-7-9/h3-7,11,16H,2,8H2,1H3. The molecule has 16 heavy (non-hydrogen) atoms. The molecule has 1 unspecified atom stereocenters. The maximum atomic E-state index is 11.7. The molecule has 0 fully saturated rings. The van der Waals surface area contributed by atoms with E-state index in [9.17, 15) is 9.59 Å². The van der Waals surface area contributed by atoms with Gasteiger partial charge in [0.05, 0.1) is 6.61 Å². The minimum Gasteiger partial charge on any atom is -0.465 e. The first-order chi connectivity index (χ1) is 7.65. The molecular formula is C12H14O3S. The molecule has 0 N–H and O–H groups in total. The van der Waals surface area contributed by atoms with Crippen LogP contribution < -0.4 is 0 Å². The highest BCUT2D eigenvalue weighted by Crippen LogP contribution is 2.10. The van der Waals surface area contributed by atoms with Crippen molar-refractivity contribution in [1.29, 1.82) is 0 Å². The third kappa shape index (κ3) is 3.70. The first-order valence-corrected chi connectivity index (χ1v) is 5.59. The van der Waals surface area contributed by atoms with Gasteiger partial charge in [0.2, 0.25) is 0 Å². The zero-order valence-electron chi connectivity index (χ0n) is 9.05. The van der Waals surface area contributed by atoms with Gasteiger partial charge in [-0.05, 0) is 6.92 Å². The lowest BCUT2D eigenvalue weighted by atomic mass is 10.1. The summed E-state index contributed by atoms with van der Waals surface area (Å²) >= 11 is 4.05. The van der Waals surface area contributed by atoms with Crippen molar-refractivity contribution in [3.63, 3.8) is 0 Å². The number of carbonyl (C=O) groups excluding carboxylic acids is 2. The summed E-state index contributed by atoms with van der Waals surface area (Å²) in [5.74, 6) is -0.552. The Morgan fingerprint density at radius 1 is 1.31 bits per heavy atom. The Morgan fingerprint density at radius 3 is 2.50 bits per heavy atom. The molecule has 1 aromatic carbocycles. The van der Waals surface area contributed by atoms with E-state index in [-0.39, 0.29) is 12.2 Å². The summed E-state index contributed by atoms with van der Waals surface area (Å²) < 4.78 is 4.77. The van der Waals surface area contributed by atoms with E-state index in [0.717, 1.165) is 0 Å². The van der Waals surface area contributed by atoms with E-state index in [1.807, 2.05) is 6.07 Å². The summed E-state index contributed by atoms with van der Waals surface area (Å²) in [7, 11) is 0. The van der Waals surface area contributed by atoms with Crippen LogP contribution in [0.25, 0.3) is 0 Å². The molecule has 0 radical (unpaired) electrons. The van der Waals surface area contributed by atoms with Gasteiger partial charge in [-0.25, -0.2) is 0 Å². The Morgan fingerprint density at radius 2 is 1.94 bits per heavy atom. The van der Waals surface area contributed by atoms with Crippen LogP contribution in [-0.4, -0.2) is 23.6 Å². The van der Waals surface area contributed by atoms with Crippen LogP contribution in [0.4, 0.5) is 0 Å². The molecule has 0 bridgehead atoms. The van der Waals surface area contributed by atoms with E-state index in [0.29, 0.717) is 12.2 Å². The third-order valence-corrected chi connectivity index (χ3v) is 2.43. The monoisotopic (exact) mass is 238 g/mol. The van der Waals surface area contributed by atoms with Crippen LogP contribution in [0, 0.1) is 0 Å². The largest absolute Gasteiger partial charge is 0.465 e. The van der Waals surface area contributed by atoms with E-state index in [2.05, 4.69) is 12.6 Å². The molecule has 0 aromatic heterocycles. The van der Waals surface area contributed by atoms with Crippen molar-refractivity contribution in [2.75, 3.05) is 6.61 Å². The second kappa shape index (κ2) is 6.33. The molecule has 0 heterocycles. The van der Waals surface area contributed by atoms with Gasteiger partial charge in [0, 0.05) is 12.0 Å². The molecule has 0 spiro atoms. The highest BCUT2D eigenvalue weighted by Gasteiger charge is 2.19. The summed E-state index contributed by atoms with van der Waals surface area (Å²) in [6.45, 7) is 2.02. The van der Waals surface area contributed by atoms with Gasteiger partial charge in [-0.1, -0.05) is 30.3 Å². The van der Waals surface area contributed by atoms with Crippen molar-refractivity contribution in [3.8, 4) is 0 Å². The Kier molecular flexibility index (Phi) is 5.05. The van der Waals surface area contributed by atoms with Crippen LogP contribution in [0.3, 0.4) is 0 Å². The van der Waals surface area contributed by atoms with Crippen LogP contribution in [0.5, 0.6) is 0 Å². The van der Waals surface area contributed by atoms with Crippen LogP contribution in [-0.2, 0) is 9.53 Å². The normalized spacial score (nSPS) is 11.9. The van der Waals surface area contributed by atoms with Crippen molar-refractivity contribution in [2.24, 2.45) is 0 Å². The summed E-state index contributed by atoms with van der Waals surface area (Å²) in [5.41, 5.74) is 0.589. The summed E-state index contributed by atoms with van der Waals surface area (Å²) in [6.07, 6.45) is 0.0615. The highest BCUT2D eigenvalue weighted by molar-refractivity contribution is 7.81. The quantitative estimate of drug-likeness (QED) is 0.485. The van der Waals surface area contributed by atoms with E-state index in [4.69, 9.17) is 4.74 Å². The summed E-state index contributed by atoms with van der Waals surface area (Å²) in [6, 6.07) is 8.83. The first kappa shape index (κ1) is 12.8. The van der Waals surface area contributed by atoms with Gasteiger partial charge in [-0.2, -0.15) is 12.6 Å². The van der Waals surface area contributed by atoms with Gasteiger partial charge in [0.15, 0.2) is 5.78 Å². The molecular weight excluding hydrogens is 224 g/mol. The Bertz CT molecular complexity index is 362. The lowest BCUT2D eigenvalue weighted by molar-refractivity contribution is -0.142. The lowest BCUT2D eigenvalue weighted by Gasteiger charge is -2.08. The number of ether oxygens (including phenoxy) is 1. The van der Waals surface area contributed by atoms with Crippen molar-refractivity contribution >= 4 is 24.4 Å². The van der Waals surface area contributed by atoms with Gasteiger partial charge in [-0.3, -0.25) is 9.59 Å². The zero-order chi connectivity index (χ0) is 12.0. The lowest BCUT2D eigenvalue weighted by Crippen LogP contribution is -2.21. The number of thiol groups is 1. The fourth-order valence-electron chi connectivity index (χ4n) is 1.24. The van der Waals surface area contributed by atoms with Crippen molar-refractivity contribution < 1.29 is 14.3 Å². The maximum absolute atomic E-state index is 11.7. The topological polar surface area (TPSA) is 43.4 Å². The predicted octanol–water partition coefficient (Wildman–Crippen LogP) is 2.12. The first-order valence-electron chi connectivity index (χ1n) is 5.08.